The van der Waals surface area contributed by atoms with Gasteiger partial charge < -0.3 is 20.1 Å². The van der Waals surface area contributed by atoms with Crippen molar-refractivity contribution in [1.29, 1.82) is 0 Å². The number of aliphatic hydroxyl groups is 1. The molecule has 0 spiro atoms. The molecule has 0 saturated carbocycles. The minimum Gasteiger partial charge on any atom is -0.488 e. The predicted molar refractivity (Wildman–Crippen MR) is 104 cm³/mol. The van der Waals surface area contributed by atoms with Gasteiger partial charge in [0.1, 0.15) is 23.8 Å². The molecule has 27 heavy (non-hydrogen) atoms. The van der Waals surface area contributed by atoms with Gasteiger partial charge in [-0.3, -0.25) is 4.79 Å². The summed E-state index contributed by atoms with van der Waals surface area (Å²) in [6.07, 6.45) is 4.71. The zero-order chi connectivity index (χ0) is 18.8. The topological polar surface area (TPSA) is 87.6 Å². The van der Waals surface area contributed by atoms with Crippen molar-refractivity contribution in [3.63, 3.8) is 0 Å². The normalized spacial score (nSPS) is 22.1. The van der Waals surface area contributed by atoms with E-state index in [-0.39, 0.29) is 12.0 Å². The Morgan fingerprint density at radius 2 is 2.22 bits per heavy atom. The third kappa shape index (κ3) is 4.01. The number of β-amino-alcohol motifs (C(OH)–C–C–N with tert-alkyl or cyclic N) is 1. The van der Waals surface area contributed by atoms with Crippen molar-refractivity contribution in [2.75, 3.05) is 29.6 Å². The number of aliphatic hydroxyl groups excluding tert-OH is 1. The first-order chi connectivity index (χ1) is 13.1. The van der Waals surface area contributed by atoms with Crippen molar-refractivity contribution in [2.45, 2.75) is 36.6 Å². The summed E-state index contributed by atoms with van der Waals surface area (Å²) in [5, 5.41) is 14.2. The van der Waals surface area contributed by atoms with E-state index in [1.54, 1.807) is 6.20 Å². The van der Waals surface area contributed by atoms with E-state index in [1.807, 2.05) is 30.5 Å². The van der Waals surface area contributed by atoms with Gasteiger partial charge in [0.25, 0.3) is 0 Å². The summed E-state index contributed by atoms with van der Waals surface area (Å²) in [6, 6.07) is 7.60. The minimum absolute atomic E-state index is 0.0301. The quantitative estimate of drug-likeness (QED) is 0.615. The lowest BCUT2D eigenvalue weighted by Crippen LogP contribution is -2.49. The maximum absolute atomic E-state index is 11.6. The highest BCUT2D eigenvalue weighted by molar-refractivity contribution is 7.98. The van der Waals surface area contributed by atoms with Crippen molar-refractivity contribution in [3.05, 3.63) is 36.0 Å². The molecule has 142 valence electrons. The molecule has 2 aliphatic rings. The van der Waals surface area contributed by atoms with Gasteiger partial charge in [0.05, 0.1) is 0 Å². The standard InChI is InChI=1S/C19H22N4O3S/c1-27-19-20-8-6-17(22-19)23-9-7-16(15(24)11-23)26-13-4-2-12-3-5-18(25)21-14(12)10-13/h2,4,6,8,10,15-16,24H,3,5,7,9,11H2,1H3,(H,21,25)/t15-,16-/m1/s1. The lowest BCUT2D eigenvalue weighted by Gasteiger charge is -2.36. The van der Waals surface area contributed by atoms with Crippen LogP contribution in [0.2, 0.25) is 0 Å². The molecule has 1 fully saturated rings. The van der Waals surface area contributed by atoms with Gasteiger partial charge in [0, 0.05) is 43.9 Å². The van der Waals surface area contributed by atoms with Gasteiger partial charge in [0.2, 0.25) is 5.91 Å². The molecule has 0 aliphatic carbocycles. The Hall–Kier alpha value is -2.32. The van der Waals surface area contributed by atoms with Gasteiger partial charge in [-0.25, -0.2) is 9.97 Å². The van der Waals surface area contributed by atoms with Crippen molar-refractivity contribution in [2.24, 2.45) is 0 Å². The van der Waals surface area contributed by atoms with Crippen molar-refractivity contribution in [1.82, 2.24) is 9.97 Å². The van der Waals surface area contributed by atoms with Gasteiger partial charge in [-0.1, -0.05) is 17.8 Å². The number of thioether (sulfide) groups is 1. The van der Waals surface area contributed by atoms with E-state index in [9.17, 15) is 9.90 Å². The van der Waals surface area contributed by atoms with Crippen LogP contribution in [-0.4, -0.2) is 52.5 Å². The summed E-state index contributed by atoms with van der Waals surface area (Å²) in [6.45, 7) is 1.20. The molecule has 7 nitrogen and oxygen atoms in total. The van der Waals surface area contributed by atoms with Crippen molar-refractivity contribution < 1.29 is 14.6 Å². The molecule has 0 radical (unpaired) electrons. The second-order valence-corrected chi connectivity index (χ2v) is 7.50. The largest absolute Gasteiger partial charge is 0.488 e. The van der Waals surface area contributed by atoms with Crippen LogP contribution >= 0.6 is 11.8 Å². The molecule has 2 N–H and O–H groups in total. The predicted octanol–water partition coefficient (Wildman–Crippen LogP) is 2.10. The SMILES string of the molecule is CSc1nccc(N2CC[C@@H](Oc3ccc4c(c3)NC(=O)CC4)[C@H](O)C2)n1. The molecule has 0 bridgehead atoms. The number of aryl methyl sites for hydroxylation is 1. The van der Waals surface area contributed by atoms with E-state index in [0.29, 0.717) is 25.1 Å². The zero-order valence-electron chi connectivity index (χ0n) is 15.1. The van der Waals surface area contributed by atoms with E-state index in [4.69, 9.17) is 4.74 Å². The smallest absolute Gasteiger partial charge is 0.224 e. The summed E-state index contributed by atoms with van der Waals surface area (Å²) in [4.78, 5) is 22.3. The number of fused-ring (bicyclic) bond motifs is 1. The number of carbonyl (C=O) groups is 1. The van der Waals surface area contributed by atoms with Crippen LogP contribution in [0.3, 0.4) is 0 Å². The molecule has 2 atom stereocenters. The van der Waals surface area contributed by atoms with Gasteiger partial charge in [0.15, 0.2) is 5.16 Å². The van der Waals surface area contributed by atoms with Crippen LogP contribution in [0.4, 0.5) is 11.5 Å². The van der Waals surface area contributed by atoms with Crippen LogP contribution in [0.1, 0.15) is 18.4 Å². The summed E-state index contributed by atoms with van der Waals surface area (Å²) < 4.78 is 6.03. The number of rotatable bonds is 4. The fraction of sp³-hybridized carbons (Fsp3) is 0.421. The van der Waals surface area contributed by atoms with Crippen LogP contribution in [0.5, 0.6) is 5.75 Å². The molecule has 2 aliphatic heterocycles. The van der Waals surface area contributed by atoms with Crippen LogP contribution in [-0.2, 0) is 11.2 Å². The molecule has 3 heterocycles. The second-order valence-electron chi connectivity index (χ2n) is 6.73. The number of nitrogens with zero attached hydrogens (tertiary/aromatic N) is 3. The van der Waals surface area contributed by atoms with Gasteiger partial charge in [-0.15, -0.1) is 0 Å². The van der Waals surface area contributed by atoms with Gasteiger partial charge in [-0.05, 0) is 30.4 Å². The molecule has 2 aromatic rings. The first-order valence-corrected chi connectivity index (χ1v) is 10.2. The minimum atomic E-state index is -0.628. The van der Waals surface area contributed by atoms with Crippen molar-refractivity contribution in [3.8, 4) is 5.75 Å². The fourth-order valence-electron chi connectivity index (χ4n) is 3.46. The second kappa shape index (κ2) is 7.74. The molecular formula is C19H22N4O3S. The monoisotopic (exact) mass is 386 g/mol. The number of anilines is 2. The molecule has 1 aromatic heterocycles. The Kier molecular flexibility index (Phi) is 5.18. The number of nitrogens with one attached hydrogen (secondary N) is 1. The fourth-order valence-corrected chi connectivity index (χ4v) is 3.81. The Morgan fingerprint density at radius 3 is 3.04 bits per heavy atom. The van der Waals surface area contributed by atoms with Crippen LogP contribution < -0.4 is 15.0 Å². The van der Waals surface area contributed by atoms with Crippen molar-refractivity contribution >= 4 is 29.2 Å². The van der Waals surface area contributed by atoms with Gasteiger partial charge >= 0.3 is 0 Å². The van der Waals surface area contributed by atoms with E-state index < -0.39 is 6.10 Å². The maximum atomic E-state index is 11.6. The first kappa shape index (κ1) is 18.1. The molecule has 1 aromatic carbocycles. The number of hydrogen-bond acceptors (Lipinski definition) is 7. The summed E-state index contributed by atoms with van der Waals surface area (Å²) >= 11 is 1.50. The Balaban J connectivity index is 1.42. The Labute approximate surface area is 162 Å². The molecular weight excluding hydrogens is 364 g/mol. The van der Waals surface area contributed by atoms with E-state index in [0.717, 1.165) is 35.2 Å². The Morgan fingerprint density at radius 1 is 1.33 bits per heavy atom. The molecule has 1 amide bonds. The molecule has 4 rings (SSSR count). The third-order valence-corrected chi connectivity index (χ3v) is 5.47. The summed E-state index contributed by atoms with van der Waals surface area (Å²) in [5.74, 6) is 1.52. The van der Waals surface area contributed by atoms with E-state index >= 15 is 0 Å². The third-order valence-electron chi connectivity index (χ3n) is 4.91. The lowest BCUT2D eigenvalue weighted by molar-refractivity contribution is -0.116. The lowest BCUT2D eigenvalue weighted by atomic mass is 10.0. The average Bonchev–Trinajstić information content (AvgIpc) is 2.69. The number of benzene rings is 1. The highest BCUT2D eigenvalue weighted by atomic mass is 32.2. The number of piperidine rings is 1. The highest BCUT2D eigenvalue weighted by Crippen LogP contribution is 2.29. The average molecular weight is 386 g/mol. The Bertz CT molecular complexity index is 847. The molecule has 8 heteroatoms. The molecule has 0 unspecified atom stereocenters. The number of carbonyl (C=O) groups excluding carboxylic acids is 1. The maximum Gasteiger partial charge on any atom is 0.224 e. The van der Waals surface area contributed by atoms with Crippen LogP contribution in [0.15, 0.2) is 35.6 Å². The number of aromatic nitrogens is 2. The highest BCUT2D eigenvalue weighted by Gasteiger charge is 2.30. The molecule has 1 saturated heterocycles. The van der Waals surface area contributed by atoms with Crippen LogP contribution in [0, 0.1) is 0 Å². The summed E-state index contributed by atoms with van der Waals surface area (Å²) in [5.41, 5.74) is 1.92. The van der Waals surface area contributed by atoms with E-state index in [1.165, 1.54) is 11.8 Å². The summed E-state index contributed by atoms with van der Waals surface area (Å²) in [7, 11) is 0. The van der Waals surface area contributed by atoms with E-state index in [2.05, 4.69) is 20.2 Å². The van der Waals surface area contributed by atoms with Crippen LogP contribution in [0.25, 0.3) is 0 Å². The number of ether oxygens (including phenoxy) is 1. The first-order valence-electron chi connectivity index (χ1n) is 9.02. The zero-order valence-corrected chi connectivity index (χ0v) is 15.9. The number of amides is 1. The number of hydrogen-bond donors (Lipinski definition) is 2. The van der Waals surface area contributed by atoms with Gasteiger partial charge in [-0.2, -0.15) is 0 Å².